The molecule has 0 aliphatic heterocycles. The fourth-order valence-corrected chi connectivity index (χ4v) is 2.51. The number of ether oxygens (including phenoxy) is 2. The van der Waals surface area contributed by atoms with Gasteiger partial charge in [0.2, 0.25) is 0 Å². The van der Waals surface area contributed by atoms with E-state index in [1.807, 2.05) is 56.3 Å². The van der Waals surface area contributed by atoms with E-state index in [2.05, 4.69) is 0 Å². The lowest BCUT2D eigenvalue weighted by atomic mass is 10.0. The van der Waals surface area contributed by atoms with Crippen LogP contribution in [-0.4, -0.2) is 25.2 Å². The average molecular weight is 354 g/mol. The maximum atomic E-state index is 12.4. The van der Waals surface area contributed by atoms with E-state index in [4.69, 9.17) is 9.47 Å². The van der Waals surface area contributed by atoms with Crippen molar-refractivity contribution >= 4 is 28.8 Å². The van der Waals surface area contributed by atoms with Crippen LogP contribution in [0.4, 0.5) is 0 Å². The van der Waals surface area contributed by atoms with Crippen LogP contribution in [0, 0.1) is 0 Å². The maximum absolute atomic E-state index is 12.4. The molecule has 0 saturated heterocycles. The Hall–Kier alpha value is -2.62. The molecule has 0 unspecified atom stereocenters. The van der Waals surface area contributed by atoms with Crippen molar-refractivity contribution in [1.82, 2.24) is 0 Å². The number of fused-ring (bicyclic) bond motifs is 1. The van der Waals surface area contributed by atoms with Gasteiger partial charge >= 0.3 is 11.9 Å². The van der Waals surface area contributed by atoms with E-state index >= 15 is 0 Å². The highest BCUT2D eigenvalue weighted by molar-refractivity contribution is 6.18. The Labute approximate surface area is 154 Å². The monoisotopic (exact) mass is 354 g/mol. The third-order valence-electron chi connectivity index (χ3n) is 4.03. The predicted molar refractivity (Wildman–Crippen MR) is 104 cm³/mol. The molecule has 0 aromatic heterocycles. The van der Waals surface area contributed by atoms with Crippen molar-refractivity contribution in [3.05, 3.63) is 53.6 Å². The molecule has 2 aromatic rings. The van der Waals surface area contributed by atoms with Crippen molar-refractivity contribution < 1.29 is 19.1 Å². The van der Waals surface area contributed by atoms with Gasteiger partial charge in [-0.3, -0.25) is 0 Å². The van der Waals surface area contributed by atoms with Crippen LogP contribution in [0.1, 0.15) is 45.1 Å². The first-order valence-corrected chi connectivity index (χ1v) is 9.21. The normalized spacial score (nSPS) is 10.4. The molecule has 0 amide bonds. The molecule has 0 heterocycles. The van der Waals surface area contributed by atoms with Gasteiger partial charge in [-0.2, -0.15) is 0 Å². The first-order valence-electron chi connectivity index (χ1n) is 9.21. The highest BCUT2D eigenvalue weighted by Gasteiger charge is 2.22. The topological polar surface area (TPSA) is 52.6 Å². The number of rotatable bonds is 9. The highest BCUT2D eigenvalue weighted by Crippen LogP contribution is 2.21. The van der Waals surface area contributed by atoms with Gasteiger partial charge in [-0.05, 0) is 35.3 Å². The van der Waals surface area contributed by atoms with Gasteiger partial charge in [0.15, 0.2) is 0 Å². The standard InChI is InChI=1S/C22H26O4/c1-3-5-14-25-21(23)20(22(24)26-15-6-4-2)16-18-12-9-11-17-10-7-8-13-19(17)18/h7-13,16H,3-6,14-15H2,1-2H3. The Balaban J connectivity index is 2.33. The highest BCUT2D eigenvalue weighted by atomic mass is 16.6. The minimum absolute atomic E-state index is 0.0615. The number of unbranched alkanes of at least 4 members (excludes halogenated alkanes) is 2. The van der Waals surface area contributed by atoms with Gasteiger partial charge in [-0.25, -0.2) is 9.59 Å². The second-order valence-corrected chi connectivity index (χ2v) is 6.11. The Morgan fingerprint density at radius 1 is 0.846 bits per heavy atom. The Kier molecular flexibility index (Phi) is 7.87. The number of hydrogen-bond donors (Lipinski definition) is 0. The second kappa shape index (κ2) is 10.4. The largest absolute Gasteiger partial charge is 0.462 e. The molecule has 0 spiro atoms. The Morgan fingerprint density at radius 3 is 2.04 bits per heavy atom. The van der Waals surface area contributed by atoms with Crippen molar-refractivity contribution in [2.45, 2.75) is 39.5 Å². The molecule has 4 heteroatoms. The molecule has 0 bridgehead atoms. The third kappa shape index (κ3) is 5.45. The Morgan fingerprint density at radius 2 is 1.42 bits per heavy atom. The molecule has 26 heavy (non-hydrogen) atoms. The SMILES string of the molecule is CCCCOC(=O)C(=Cc1cccc2ccccc12)C(=O)OCCCC. The zero-order chi connectivity index (χ0) is 18.8. The molecule has 0 atom stereocenters. The van der Waals surface area contributed by atoms with E-state index < -0.39 is 11.9 Å². The van der Waals surface area contributed by atoms with Crippen LogP contribution in [-0.2, 0) is 19.1 Å². The predicted octanol–water partition coefficient (Wildman–Crippen LogP) is 4.91. The summed E-state index contributed by atoms with van der Waals surface area (Å²) in [6, 6.07) is 13.6. The van der Waals surface area contributed by atoms with E-state index in [9.17, 15) is 9.59 Å². The van der Waals surface area contributed by atoms with Crippen LogP contribution >= 0.6 is 0 Å². The first-order chi connectivity index (χ1) is 12.7. The minimum atomic E-state index is -0.632. The second-order valence-electron chi connectivity index (χ2n) is 6.11. The summed E-state index contributed by atoms with van der Waals surface area (Å²) in [7, 11) is 0. The van der Waals surface area contributed by atoms with Crippen LogP contribution in [0.25, 0.3) is 16.8 Å². The van der Waals surface area contributed by atoms with E-state index in [0.29, 0.717) is 13.2 Å². The van der Waals surface area contributed by atoms with Gasteiger partial charge in [0, 0.05) is 0 Å². The lowest BCUT2D eigenvalue weighted by molar-refractivity contribution is -0.147. The van der Waals surface area contributed by atoms with Gasteiger partial charge < -0.3 is 9.47 Å². The van der Waals surface area contributed by atoms with Crippen molar-refractivity contribution in [3.63, 3.8) is 0 Å². The third-order valence-corrected chi connectivity index (χ3v) is 4.03. The molecule has 2 aromatic carbocycles. The molecule has 138 valence electrons. The molecule has 0 radical (unpaired) electrons. The van der Waals surface area contributed by atoms with Crippen LogP contribution in [0.3, 0.4) is 0 Å². The summed E-state index contributed by atoms with van der Waals surface area (Å²) in [5, 5.41) is 2.01. The van der Waals surface area contributed by atoms with E-state index in [-0.39, 0.29) is 5.57 Å². The van der Waals surface area contributed by atoms with Crippen molar-refractivity contribution in [1.29, 1.82) is 0 Å². The fourth-order valence-electron chi connectivity index (χ4n) is 2.51. The lowest BCUT2D eigenvalue weighted by Gasteiger charge is -2.10. The van der Waals surface area contributed by atoms with Crippen LogP contribution in [0.5, 0.6) is 0 Å². The summed E-state index contributed by atoms with van der Waals surface area (Å²) in [4.78, 5) is 24.9. The van der Waals surface area contributed by atoms with Gasteiger partial charge in [0.1, 0.15) is 5.57 Å². The molecular formula is C22H26O4. The quantitative estimate of drug-likeness (QED) is 0.211. The van der Waals surface area contributed by atoms with Gasteiger partial charge in [0.05, 0.1) is 13.2 Å². The number of carbonyl (C=O) groups excluding carboxylic acids is 2. The van der Waals surface area contributed by atoms with Gasteiger partial charge in [0.25, 0.3) is 0 Å². The van der Waals surface area contributed by atoms with Crippen LogP contribution < -0.4 is 0 Å². The molecule has 2 rings (SSSR count). The molecule has 0 aliphatic rings. The van der Waals surface area contributed by atoms with Gasteiger partial charge in [-0.1, -0.05) is 69.2 Å². The summed E-state index contributed by atoms with van der Waals surface area (Å²) in [5.74, 6) is -1.26. The summed E-state index contributed by atoms with van der Waals surface area (Å²) < 4.78 is 10.5. The number of hydrogen-bond acceptors (Lipinski definition) is 4. The fraction of sp³-hybridized carbons (Fsp3) is 0.364. The molecule has 0 aliphatic carbocycles. The minimum Gasteiger partial charge on any atom is -0.462 e. The number of esters is 2. The summed E-state index contributed by atoms with van der Waals surface area (Å²) in [6.07, 6.45) is 4.93. The first kappa shape index (κ1) is 19.7. The lowest BCUT2D eigenvalue weighted by Crippen LogP contribution is -2.19. The zero-order valence-electron chi connectivity index (χ0n) is 15.5. The Bertz CT molecular complexity index is 747. The van der Waals surface area contributed by atoms with Crippen LogP contribution in [0.15, 0.2) is 48.0 Å². The summed E-state index contributed by atoms with van der Waals surface area (Å²) >= 11 is 0. The number of carbonyl (C=O) groups is 2. The molecule has 0 fully saturated rings. The maximum Gasteiger partial charge on any atom is 0.345 e. The van der Waals surface area contributed by atoms with Crippen LogP contribution in [0.2, 0.25) is 0 Å². The van der Waals surface area contributed by atoms with E-state index in [1.54, 1.807) is 6.08 Å². The van der Waals surface area contributed by atoms with Crippen molar-refractivity contribution in [2.24, 2.45) is 0 Å². The number of benzene rings is 2. The summed E-state index contributed by atoms with van der Waals surface area (Å²) in [5.41, 5.74) is 0.728. The van der Waals surface area contributed by atoms with E-state index in [0.717, 1.165) is 42.0 Å². The van der Waals surface area contributed by atoms with Gasteiger partial charge in [-0.15, -0.1) is 0 Å². The van der Waals surface area contributed by atoms with Crippen molar-refractivity contribution in [3.8, 4) is 0 Å². The summed E-state index contributed by atoms with van der Waals surface area (Å²) in [6.45, 7) is 4.62. The zero-order valence-corrected chi connectivity index (χ0v) is 15.5. The smallest absolute Gasteiger partial charge is 0.345 e. The van der Waals surface area contributed by atoms with E-state index in [1.165, 1.54) is 0 Å². The molecule has 0 saturated carbocycles. The molecular weight excluding hydrogens is 328 g/mol. The molecule has 0 N–H and O–H groups in total. The average Bonchev–Trinajstić information content (AvgIpc) is 2.66. The molecule has 4 nitrogen and oxygen atoms in total. The van der Waals surface area contributed by atoms with Crippen molar-refractivity contribution in [2.75, 3.05) is 13.2 Å².